The Hall–Kier alpha value is -0.574. The Kier molecular flexibility index (Phi) is 7.36. The van der Waals surface area contributed by atoms with Crippen LogP contribution in [0.1, 0.15) is 29.9 Å². The molecule has 1 aromatic carbocycles. The Morgan fingerprint density at radius 1 is 1.32 bits per heavy atom. The van der Waals surface area contributed by atoms with Gasteiger partial charge in [0.05, 0.1) is 5.69 Å². The van der Waals surface area contributed by atoms with E-state index < -0.39 is 6.47 Å². The molecule has 4 nitrogen and oxygen atoms in total. The number of carbonyl (C=O) groups excluding carboxylic acids is 1. The van der Waals surface area contributed by atoms with E-state index in [1.807, 2.05) is 16.7 Å². The number of pyridine rings is 1. The van der Waals surface area contributed by atoms with Crippen LogP contribution in [-0.4, -0.2) is 15.9 Å². The number of carbonyl (C=O) groups is 1. The molecule has 1 aliphatic rings. The number of imidazole rings is 1. The number of fused-ring (bicyclic) bond motifs is 1. The van der Waals surface area contributed by atoms with Crippen molar-refractivity contribution in [3.8, 4) is 11.3 Å². The largest absolute Gasteiger partial charge is 1.00 e. The molecule has 1 fully saturated rings. The summed E-state index contributed by atoms with van der Waals surface area (Å²) >= 11 is 3.29. The van der Waals surface area contributed by atoms with Crippen LogP contribution in [-0.2, 0) is 4.79 Å². The van der Waals surface area contributed by atoms with Gasteiger partial charge >= 0.3 is 51.4 Å². The molecule has 0 aliphatic heterocycles. The number of halogens is 2. The third-order valence-electron chi connectivity index (χ3n) is 3.94. The summed E-state index contributed by atoms with van der Waals surface area (Å²) in [6, 6.07) is 7.30. The van der Waals surface area contributed by atoms with Crippen LogP contribution in [0.25, 0.3) is 16.9 Å². The first-order valence-electron chi connectivity index (χ1n) is 7.53. The summed E-state index contributed by atoms with van der Waals surface area (Å²) in [4.78, 5) is 12.9. The zero-order valence-corrected chi connectivity index (χ0v) is 18.7. The molecule has 0 unspecified atom stereocenters. The summed E-state index contributed by atoms with van der Waals surface area (Å²) in [5.74, 6) is 0.370. The molecule has 0 radical (unpaired) electrons. The van der Waals surface area contributed by atoms with Crippen LogP contribution >= 0.6 is 15.9 Å². The third-order valence-corrected chi connectivity index (χ3v) is 4.43. The van der Waals surface area contributed by atoms with E-state index >= 15 is 0 Å². The molecule has 7 heteroatoms. The van der Waals surface area contributed by atoms with E-state index in [1.165, 1.54) is 30.0 Å². The van der Waals surface area contributed by atoms with E-state index in [9.17, 15) is 4.39 Å². The van der Waals surface area contributed by atoms with Crippen molar-refractivity contribution in [2.24, 2.45) is 0 Å². The van der Waals surface area contributed by atoms with Gasteiger partial charge in [-0.25, -0.2) is 9.37 Å². The molecule has 2 aromatic heterocycles. The SMILES string of the molecule is Cc1cc(C2CC2)c2nc(-c3ccc(Br)cc3F)cn2c1.O=C[O-].[K+]. The summed E-state index contributed by atoms with van der Waals surface area (Å²) in [5, 5.41) is 8.25. The summed E-state index contributed by atoms with van der Waals surface area (Å²) in [5.41, 5.74) is 4.69. The van der Waals surface area contributed by atoms with Crippen LogP contribution in [0.4, 0.5) is 4.39 Å². The minimum absolute atomic E-state index is 0. The van der Waals surface area contributed by atoms with Gasteiger partial charge in [-0.1, -0.05) is 22.0 Å². The van der Waals surface area contributed by atoms with Crippen LogP contribution in [0, 0.1) is 12.7 Å². The van der Waals surface area contributed by atoms with Crippen LogP contribution in [0.5, 0.6) is 0 Å². The molecule has 1 aliphatic carbocycles. The van der Waals surface area contributed by atoms with Crippen LogP contribution in [0.15, 0.2) is 41.1 Å². The van der Waals surface area contributed by atoms with E-state index in [1.54, 1.807) is 6.07 Å². The molecule has 2 heterocycles. The zero-order valence-electron chi connectivity index (χ0n) is 14.0. The molecule has 0 atom stereocenters. The molecule has 4 rings (SSSR count). The Morgan fingerprint density at radius 3 is 2.60 bits per heavy atom. The number of hydrogen-bond donors (Lipinski definition) is 0. The molecule has 0 bridgehead atoms. The van der Waals surface area contributed by atoms with Crippen molar-refractivity contribution in [1.29, 1.82) is 0 Å². The van der Waals surface area contributed by atoms with Gasteiger partial charge in [0.15, 0.2) is 0 Å². The standard InChI is InChI=1S/C17H14BrFN2.CH2O2.K/c1-10-6-14(11-2-3-11)17-20-16(9-21(17)8-10)13-5-4-12(18)7-15(13)19;2-1-3;/h4-9,11H,2-3H2,1H3;1H,(H,2,3);/q;;+1/p-1. The number of benzene rings is 1. The van der Waals surface area contributed by atoms with Gasteiger partial charge in [-0.3, -0.25) is 0 Å². The average Bonchev–Trinajstić information content (AvgIpc) is 3.27. The van der Waals surface area contributed by atoms with E-state index in [0.29, 0.717) is 17.2 Å². The van der Waals surface area contributed by atoms with Gasteiger partial charge in [-0.05, 0) is 55.0 Å². The first kappa shape index (κ1) is 20.7. The Labute approximate surface area is 196 Å². The van der Waals surface area contributed by atoms with Gasteiger partial charge < -0.3 is 14.3 Å². The van der Waals surface area contributed by atoms with Gasteiger partial charge in [0, 0.05) is 28.9 Å². The average molecular weight is 429 g/mol. The van der Waals surface area contributed by atoms with Crippen molar-refractivity contribution < 1.29 is 65.7 Å². The molecule has 3 aromatic rings. The number of hydrogen-bond acceptors (Lipinski definition) is 3. The van der Waals surface area contributed by atoms with Crippen LogP contribution in [0.2, 0.25) is 0 Å². The van der Waals surface area contributed by atoms with Crippen molar-refractivity contribution in [3.05, 3.63) is 58.1 Å². The number of carboxylic acid groups (broad SMARTS) is 1. The number of nitrogens with zero attached hydrogens (tertiary/aromatic N) is 2. The molecule has 124 valence electrons. The van der Waals surface area contributed by atoms with Crippen LogP contribution < -0.4 is 56.5 Å². The molecule has 0 spiro atoms. The minimum Gasteiger partial charge on any atom is -0.554 e. The first-order valence-corrected chi connectivity index (χ1v) is 8.33. The summed E-state index contributed by atoms with van der Waals surface area (Å²) in [7, 11) is 0. The van der Waals surface area contributed by atoms with Crippen molar-refractivity contribution in [3.63, 3.8) is 0 Å². The second-order valence-electron chi connectivity index (χ2n) is 5.82. The summed E-state index contributed by atoms with van der Waals surface area (Å²) in [6.45, 7) is 1.59. The quantitative estimate of drug-likeness (QED) is 0.440. The van der Waals surface area contributed by atoms with Crippen molar-refractivity contribution in [1.82, 2.24) is 9.38 Å². The molecular weight excluding hydrogens is 414 g/mol. The van der Waals surface area contributed by atoms with Crippen molar-refractivity contribution in [2.75, 3.05) is 0 Å². The van der Waals surface area contributed by atoms with Gasteiger partial charge in [0.25, 0.3) is 0 Å². The van der Waals surface area contributed by atoms with E-state index in [4.69, 9.17) is 9.90 Å². The predicted molar refractivity (Wildman–Crippen MR) is 91.1 cm³/mol. The summed E-state index contributed by atoms with van der Waals surface area (Å²) < 4.78 is 16.9. The van der Waals surface area contributed by atoms with Gasteiger partial charge in [-0.15, -0.1) is 0 Å². The van der Waals surface area contributed by atoms with Gasteiger partial charge in [0.2, 0.25) is 0 Å². The second-order valence-corrected chi connectivity index (χ2v) is 6.74. The van der Waals surface area contributed by atoms with Gasteiger partial charge in [-0.2, -0.15) is 0 Å². The van der Waals surface area contributed by atoms with Crippen LogP contribution in [0.3, 0.4) is 0 Å². The fourth-order valence-corrected chi connectivity index (χ4v) is 3.13. The molecule has 1 saturated carbocycles. The zero-order chi connectivity index (χ0) is 17.3. The molecule has 0 amide bonds. The second kappa shape index (κ2) is 8.88. The van der Waals surface area contributed by atoms with Crippen molar-refractivity contribution >= 4 is 28.0 Å². The minimum atomic E-state index is -0.500. The number of rotatable bonds is 2. The van der Waals surface area contributed by atoms with Crippen molar-refractivity contribution in [2.45, 2.75) is 25.7 Å². The fourth-order valence-electron chi connectivity index (χ4n) is 2.79. The third kappa shape index (κ3) is 4.78. The van der Waals surface area contributed by atoms with E-state index in [2.05, 4.69) is 40.1 Å². The van der Waals surface area contributed by atoms with Gasteiger partial charge in [0.1, 0.15) is 11.5 Å². The Morgan fingerprint density at radius 2 is 2.00 bits per heavy atom. The molecule has 0 saturated heterocycles. The number of aromatic nitrogens is 2. The van der Waals surface area contributed by atoms with E-state index in [0.717, 1.165) is 10.1 Å². The molecular formula is C18H15BrFKN2O2. The normalized spacial score (nSPS) is 12.9. The number of aryl methyl sites for hydroxylation is 1. The molecule has 0 N–H and O–H groups in total. The Balaban J connectivity index is 0.000000528. The smallest absolute Gasteiger partial charge is 0.554 e. The maximum atomic E-state index is 14.1. The summed E-state index contributed by atoms with van der Waals surface area (Å²) in [6.07, 6.45) is 6.43. The monoisotopic (exact) mass is 428 g/mol. The van der Waals surface area contributed by atoms with E-state index in [-0.39, 0.29) is 57.2 Å². The maximum Gasteiger partial charge on any atom is 1.00 e. The topological polar surface area (TPSA) is 57.4 Å². The maximum absolute atomic E-state index is 14.1. The Bertz CT molecular complexity index is 909. The fraction of sp³-hybridized carbons (Fsp3) is 0.222. The molecule has 25 heavy (non-hydrogen) atoms. The predicted octanol–water partition coefficient (Wildman–Crippen LogP) is 0.459. The first-order chi connectivity index (χ1) is 11.5.